The van der Waals surface area contributed by atoms with Crippen molar-refractivity contribution in [3.05, 3.63) is 35.0 Å². The molecule has 0 saturated heterocycles. The molecule has 0 aliphatic carbocycles. The van der Waals surface area contributed by atoms with Crippen molar-refractivity contribution in [1.82, 2.24) is 10.3 Å². The molecule has 0 spiro atoms. The number of nitrogens with one attached hydrogen (secondary N) is 2. The SMILES string of the molecule is CC(C)CCCCNCc1[nH]c2ccccc2c1Cl. The van der Waals surface area contributed by atoms with E-state index in [-0.39, 0.29) is 0 Å². The van der Waals surface area contributed by atoms with Crippen molar-refractivity contribution in [3.8, 4) is 0 Å². The topological polar surface area (TPSA) is 27.8 Å². The summed E-state index contributed by atoms with van der Waals surface area (Å²) in [6.45, 7) is 6.42. The van der Waals surface area contributed by atoms with Gasteiger partial charge < -0.3 is 10.3 Å². The largest absolute Gasteiger partial charge is 0.356 e. The molecule has 0 atom stereocenters. The van der Waals surface area contributed by atoms with Gasteiger partial charge in [0.2, 0.25) is 0 Å². The molecule has 19 heavy (non-hydrogen) atoms. The van der Waals surface area contributed by atoms with Crippen LogP contribution in [0.15, 0.2) is 24.3 Å². The first-order chi connectivity index (χ1) is 9.18. The van der Waals surface area contributed by atoms with Crippen LogP contribution in [0.4, 0.5) is 0 Å². The Balaban J connectivity index is 1.80. The first-order valence-electron chi connectivity index (χ1n) is 7.14. The first kappa shape index (κ1) is 14.4. The third-order valence-corrected chi connectivity index (χ3v) is 3.83. The van der Waals surface area contributed by atoms with Crippen LogP contribution < -0.4 is 5.32 Å². The summed E-state index contributed by atoms with van der Waals surface area (Å²) in [7, 11) is 0. The number of benzene rings is 1. The van der Waals surface area contributed by atoms with Crippen molar-refractivity contribution in [3.63, 3.8) is 0 Å². The molecule has 1 heterocycles. The maximum absolute atomic E-state index is 6.37. The molecule has 2 nitrogen and oxygen atoms in total. The van der Waals surface area contributed by atoms with Crippen molar-refractivity contribution in [2.24, 2.45) is 5.92 Å². The smallest absolute Gasteiger partial charge is 0.0705 e. The number of H-pyrrole nitrogens is 1. The second kappa shape index (κ2) is 6.97. The number of hydrogen-bond donors (Lipinski definition) is 2. The van der Waals surface area contributed by atoms with Crippen molar-refractivity contribution >= 4 is 22.5 Å². The van der Waals surface area contributed by atoms with Crippen LogP contribution in [0.1, 0.15) is 38.8 Å². The number of para-hydroxylation sites is 1. The lowest BCUT2D eigenvalue weighted by atomic mass is 10.1. The van der Waals surface area contributed by atoms with Gasteiger partial charge in [-0.15, -0.1) is 0 Å². The molecule has 0 saturated carbocycles. The Morgan fingerprint density at radius 2 is 2.00 bits per heavy atom. The lowest BCUT2D eigenvalue weighted by Gasteiger charge is -2.05. The molecule has 3 heteroatoms. The fourth-order valence-electron chi connectivity index (χ4n) is 2.30. The van der Waals surface area contributed by atoms with E-state index < -0.39 is 0 Å². The molecule has 104 valence electrons. The number of rotatable bonds is 7. The van der Waals surface area contributed by atoms with Crippen molar-refractivity contribution in [2.45, 2.75) is 39.7 Å². The third-order valence-electron chi connectivity index (χ3n) is 3.40. The molecule has 2 aromatic rings. The normalized spacial score (nSPS) is 11.6. The second-order valence-corrected chi connectivity index (χ2v) is 5.91. The van der Waals surface area contributed by atoms with E-state index in [2.05, 4.69) is 36.3 Å². The fraction of sp³-hybridized carbons (Fsp3) is 0.500. The minimum absolute atomic E-state index is 0.808. The molecule has 0 amide bonds. The van der Waals surface area contributed by atoms with E-state index in [9.17, 15) is 0 Å². The molecule has 0 fully saturated rings. The number of unbranched alkanes of at least 4 members (excludes halogenated alkanes) is 1. The van der Waals surface area contributed by atoms with Gasteiger partial charge in [0.05, 0.1) is 5.02 Å². The van der Waals surface area contributed by atoms with Crippen LogP contribution in [-0.2, 0) is 6.54 Å². The lowest BCUT2D eigenvalue weighted by molar-refractivity contribution is 0.520. The summed E-state index contributed by atoms with van der Waals surface area (Å²) in [6, 6.07) is 8.16. The molecular formula is C16H23ClN2. The summed E-state index contributed by atoms with van der Waals surface area (Å²) in [5, 5.41) is 5.43. The summed E-state index contributed by atoms with van der Waals surface area (Å²) >= 11 is 6.37. The fourth-order valence-corrected chi connectivity index (χ4v) is 2.58. The van der Waals surface area contributed by atoms with E-state index in [1.54, 1.807) is 0 Å². The summed E-state index contributed by atoms with van der Waals surface area (Å²) < 4.78 is 0. The zero-order chi connectivity index (χ0) is 13.7. The van der Waals surface area contributed by atoms with Gasteiger partial charge in [0.15, 0.2) is 0 Å². The molecule has 0 aliphatic heterocycles. The van der Waals surface area contributed by atoms with E-state index in [1.807, 2.05) is 12.1 Å². The average Bonchev–Trinajstić information content (AvgIpc) is 2.71. The molecule has 0 radical (unpaired) electrons. The van der Waals surface area contributed by atoms with Crippen molar-refractivity contribution in [2.75, 3.05) is 6.54 Å². The maximum atomic E-state index is 6.37. The van der Waals surface area contributed by atoms with Gasteiger partial charge in [-0.3, -0.25) is 0 Å². The summed E-state index contributed by atoms with van der Waals surface area (Å²) in [4.78, 5) is 3.38. The maximum Gasteiger partial charge on any atom is 0.0705 e. The predicted molar refractivity (Wildman–Crippen MR) is 83.7 cm³/mol. The first-order valence-corrected chi connectivity index (χ1v) is 7.52. The number of aromatic nitrogens is 1. The quantitative estimate of drug-likeness (QED) is 0.704. The third kappa shape index (κ3) is 3.99. The predicted octanol–water partition coefficient (Wildman–Crippen LogP) is 4.74. The number of aromatic amines is 1. The molecule has 2 rings (SSSR count). The number of hydrogen-bond acceptors (Lipinski definition) is 1. The molecular weight excluding hydrogens is 256 g/mol. The summed E-state index contributed by atoms with van der Waals surface area (Å²) in [5.74, 6) is 0.808. The van der Waals surface area contributed by atoms with Crippen LogP contribution in [-0.4, -0.2) is 11.5 Å². The highest BCUT2D eigenvalue weighted by atomic mass is 35.5. The monoisotopic (exact) mass is 278 g/mol. The highest BCUT2D eigenvalue weighted by Gasteiger charge is 2.07. The number of fused-ring (bicyclic) bond motifs is 1. The van der Waals surface area contributed by atoms with Gasteiger partial charge in [-0.05, 0) is 24.9 Å². The van der Waals surface area contributed by atoms with Crippen LogP contribution >= 0.6 is 11.6 Å². The Morgan fingerprint density at radius 3 is 2.74 bits per heavy atom. The van der Waals surface area contributed by atoms with Crippen LogP contribution in [0.3, 0.4) is 0 Å². The van der Waals surface area contributed by atoms with Gasteiger partial charge in [0, 0.05) is 23.1 Å². The molecule has 1 aromatic heterocycles. The standard InChI is InChI=1S/C16H23ClN2/c1-12(2)7-5-6-10-18-11-15-16(17)13-8-3-4-9-14(13)19-15/h3-4,8-9,12,18-19H,5-7,10-11H2,1-2H3. The Bertz CT molecular complexity index is 516. The minimum Gasteiger partial charge on any atom is -0.356 e. The van der Waals surface area contributed by atoms with E-state index in [0.717, 1.165) is 40.6 Å². The Hall–Kier alpha value is -0.990. The lowest BCUT2D eigenvalue weighted by Crippen LogP contribution is -2.15. The summed E-state index contributed by atoms with van der Waals surface area (Å²) in [6.07, 6.45) is 3.84. The van der Waals surface area contributed by atoms with Crippen LogP contribution in [0.2, 0.25) is 5.02 Å². The second-order valence-electron chi connectivity index (χ2n) is 5.53. The summed E-state index contributed by atoms with van der Waals surface area (Å²) in [5.41, 5.74) is 2.20. The van der Waals surface area contributed by atoms with Crippen LogP contribution in [0, 0.1) is 5.92 Å². The molecule has 0 bridgehead atoms. The van der Waals surface area contributed by atoms with Gasteiger partial charge in [0.25, 0.3) is 0 Å². The van der Waals surface area contributed by atoms with Gasteiger partial charge in [-0.2, -0.15) is 0 Å². The number of halogens is 1. The van der Waals surface area contributed by atoms with E-state index >= 15 is 0 Å². The highest BCUT2D eigenvalue weighted by molar-refractivity contribution is 6.36. The van der Waals surface area contributed by atoms with Gasteiger partial charge in [0.1, 0.15) is 0 Å². The highest BCUT2D eigenvalue weighted by Crippen LogP contribution is 2.26. The van der Waals surface area contributed by atoms with Gasteiger partial charge in [-0.25, -0.2) is 0 Å². The minimum atomic E-state index is 0.808. The Morgan fingerprint density at radius 1 is 1.21 bits per heavy atom. The molecule has 0 aliphatic rings. The van der Waals surface area contributed by atoms with Crippen LogP contribution in [0.5, 0.6) is 0 Å². The Labute approximate surface area is 120 Å². The zero-order valence-electron chi connectivity index (χ0n) is 11.8. The molecule has 1 aromatic carbocycles. The van der Waals surface area contributed by atoms with Crippen molar-refractivity contribution in [1.29, 1.82) is 0 Å². The Kier molecular flexibility index (Phi) is 5.29. The van der Waals surface area contributed by atoms with Crippen molar-refractivity contribution < 1.29 is 0 Å². The van der Waals surface area contributed by atoms with E-state index in [1.165, 1.54) is 19.3 Å². The molecule has 2 N–H and O–H groups in total. The zero-order valence-corrected chi connectivity index (χ0v) is 12.6. The van der Waals surface area contributed by atoms with E-state index in [4.69, 9.17) is 11.6 Å². The molecule has 0 unspecified atom stereocenters. The van der Waals surface area contributed by atoms with E-state index in [0.29, 0.717) is 0 Å². The van der Waals surface area contributed by atoms with Crippen LogP contribution in [0.25, 0.3) is 10.9 Å². The van der Waals surface area contributed by atoms with Gasteiger partial charge >= 0.3 is 0 Å². The van der Waals surface area contributed by atoms with Gasteiger partial charge in [-0.1, -0.05) is 56.5 Å². The average molecular weight is 279 g/mol.